The van der Waals surface area contributed by atoms with E-state index in [0.29, 0.717) is 4.91 Å². The number of allylic oxidation sites excluding steroid dienone is 1. The number of amides is 2. The molecule has 1 rings (SSSR count). The van der Waals surface area contributed by atoms with Crippen LogP contribution in [-0.4, -0.2) is 23.1 Å². The predicted molar refractivity (Wildman–Crippen MR) is 53.3 cm³/mol. The Balaban J connectivity index is 2.92. The van der Waals surface area contributed by atoms with Gasteiger partial charge in [-0.3, -0.25) is 14.5 Å². The maximum atomic E-state index is 11.4. The van der Waals surface area contributed by atoms with Gasteiger partial charge in [0.25, 0.3) is 11.1 Å². The molecular weight excluding hydrogens is 186 g/mol. The SMILES string of the molecule is CN1C(=O)S/C(=C/C(C)(C)C)C1=O. The van der Waals surface area contributed by atoms with E-state index >= 15 is 0 Å². The van der Waals surface area contributed by atoms with E-state index in [1.165, 1.54) is 7.05 Å². The Hall–Kier alpha value is -0.770. The summed E-state index contributed by atoms with van der Waals surface area (Å²) in [5, 5.41) is -0.194. The van der Waals surface area contributed by atoms with Crippen LogP contribution in [-0.2, 0) is 4.79 Å². The normalized spacial score (nSPS) is 21.8. The highest BCUT2D eigenvalue weighted by Crippen LogP contribution is 2.32. The molecule has 0 radical (unpaired) electrons. The van der Waals surface area contributed by atoms with E-state index in [1.54, 1.807) is 0 Å². The lowest BCUT2D eigenvalue weighted by Gasteiger charge is -2.12. The number of thioether (sulfide) groups is 1. The number of carbonyl (C=O) groups is 2. The third-order valence-corrected chi connectivity index (χ3v) is 2.51. The van der Waals surface area contributed by atoms with E-state index in [2.05, 4.69) is 0 Å². The first-order valence-corrected chi connectivity index (χ1v) is 4.85. The topological polar surface area (TPSA) is 37.4 Å². The van der Waals surface area contributed by atoms with E-state index in [0.717, 1.165) is 16.7 Å². The van der Waals surface area contributed by atoms with Gasteiger partial charge in [0.05, 0.1) is 4.91 Å². The largest absolute Gasteiger partial charge is 0.293 e. The van der Waals surface area contributed by atoms with E-state index in [4.69, 9.17) is 0 Å². The Bertz CT molecular complexity index is 288. The van der Waals surface area contributed by atoms with Crippen molar-refractivity contribution in [1.29, 1.82) is 0 Å². The predicted octanol–water partition coefficient (Wildman–Crippen LogP) is 2.24. The molecule has 0 N–H and O–H groups in total. The molecule has 0 unspecified atom stereocenters. The van der Waals surface area contributed by atoms with Crippen molar-refractivity contribution in [2.45, 2.75) is 20.8 Å². The highest BCUT2D eigenvalue weighted by Gasteiger charge is 2.32. The molecule has 1 aliphatic rings. The fourth-order valence-electron chi connectivity index (χ4n) is 0.939. The number of likely N-dealkylation sites (N-methyl/N-ethyl adjacent to an activating group) is 1. The lowest BCUT2D eigenvalue weighted by molar-refractivity contribution is -0.121. The number of hydrogen-bond acceptors (Lipinski definition) is 3. The van der Waals surface area contributed by atoms with Crippen molar-refractivity contribution in [3.05, 3.63) is 11.0 Å². The molecule has 0 aromatic rings. The van der Waals surface area contributed by atoms with Crippen LogP contribution < -0.4 is 0 Å². The Morgan fingerprint density at radius 1 is 1.31 bits per heavy atom. The Morgan fingerprint density at radius 3 is 2.15 bits per heavy atom. The van der Waals surface area contributed by atoms with Crippen LogP contribution in [0.15, 0.2) is 11.0 Å². The lowest BCUT2D eigenvalue weighted by atomic mass is 9.96. The van der Waals surface area contributed by atoms with Crippen LogP contribution in [0, 0.1) is 5.41 Å². The Kier molecular flexibility index (Phi) is 2.52. The highest BCUT2D eigenvalue weighted by atomic mass is 32.2. The van der Waals surface area contributed by atoms with Gasteiger partial charge in [-0.2, -0.15) is 0 Å². The second-order valence-electron chi connectivity index (χ2n) is 4.11. The summed E-state index contributed by atoms with van der Waals surface area (Å²) in [6.07, 6.45) is 1.83. The summed E-state index contributed by atoms with van der Waals surface area (Å²) in [5.41, 5.74) is -0.0660. The van der Waals surface area contributed by atoms with E-state index < -0.39 is 0 Å². The molecule has 2 amide bonds. The second kappa shape index (κ2) is 3.18. The molecule has 3 nitrogen and oxygen atoms in total. The summed E-state index contributed by atoms with van der Waals surface area (Å²) < 4.78 is 0. The van der Waals surface area contributed by atoms with Crippen molar-refractivity contribution in [2.24, 2.45) is 5.41 Å². The molecule has 1 aliphatic heterocycles. The third kappa shape index (κ3) is 2.34. The van der Waals surface area contributed by atoms with Crippen molar-refractivity contribution < 1.29 is 9.59 Å². The Morgan fingerprint density at radius 2 is 1.85 bits per heavy atom. The minimum Gasteiger partial charge on any atom is -0.272 e. The zero-order chi connectivity index (χ0) is 10.2. The third-order valence-electron chi connectivity index (χ3n) is 1.55. The van der Waals surface area contributed by atoms with Gasteiger partial charge in [-0.15, -0.1) is 0 Å². The fourth-order valence-corrected chi connectivity index (χ4v) is 1.98. The molecule has 0 aromatic carbocycles. The lowest BCUT2D eigenvalue weighted by Crippen LogP contribution is -2.22. The van der Waals surface area contributed by atoms with Gasteiger partial charge in [0.15, 0.2) is 0 Å². The molecule has 13 heavy (non-hydrogen) atoms. The Labute approximate surface area is 82.2 Å². The molecule has 4 heteroatoms. The summed E-state index contributed by atoms with van der Waals surface area (Å²) in [4.78, 5) is 24.2. The highest BCUT2D eigenvalue weighted by molar-refractivity contribution is 8.18. The van der Waals surface area contributed by atoms with E-state index in [9.17, 15) is 9.59 Å². The summed E-state index contributed by atoms with van der Waals surface area (Å²) in [7, 11) is 1.50. The van der Waals surface area contributed by atoms with Crippen LogP contribution in [0.3, 0.4) is 0 Å². The molecule has 0 atom stereocenters. The number of carbonyl (C=O) groups excluding carboxylic acids is 2. The van der Waals surface area contributed by atoms with E-state index in [-0.39, 0.29) is 16.6 Å². The smallest absolute Gasteiger partial charge is 0.272 e. The van der Waals surface area contributed by atoms with Crippen LogP contribution in [0.2, 0.25) is 0 Å². The van der Waals surface area contributed by atoms with Gasteiger partial charge in [0, 0.05) is 7.05 Å². The van der Waals surface area contributed by atoms with Crippen molar-refractivity contribution in [3.8, 4) is 0 Å². The molecule has 0 spiro atoms. The molecule has 1 saturated heterocycles. The molecular formula is C9H13NO2S. The molecule has 1 fully saturated rings. The quantitative estimate of drug-likeness (QED) is 0.561. The van der Waals surface area contributed by atoms with Crippen LogP contribution in [0.1, 0.15) is 20.8 Å². The summed E-state index contributed by atoms with van der Waals surface area (Å²) in [6, 6.07) is 0. The van der Waals surface area contributed by atoms with Crippen LogP contribution in [0.25, 0.3) is 0 Å². The maximum Gasteiger partial charge on any atom is 0.293 e. The summed E-state index contributed by atoms with van der Waals surface area (Å²) in [5.74, 6) is -0.190. The zero-order valence-electron chi connectivity index (χ0n) is 8.25. The molecule has 0 aromatic heterocycles. The van der Waals surface area contributed by atoms with Crippen LogP contribution in [0.4, 0.5) is 4.79 Å². The average Bonchev–Trinajstić information content (AvgIpc) is 2.15. The molecule has 0 bridgehead atoms. The first-order valence-electron chi connectivity index (χ1n) is 4.04. The van der Waals surface area contributed by atoms with Crippen molar-refractivity contribution in [3.63, 3.8) is 0 Å². The minimum absolute atomic E-state index is 0.0660. The summed E-state index contributed by atoms with van der Waals surface area (Å²) >= 11 is 1.01. The number of nitrogens with zero attached hydrogens (tertiary/aromatic N) is 1. The standard InChI is InChI=1S/C9H13NO2S/c1-9(2,3)5-6-7(11)10(4)8(12)13-6/h5H,1-4H3/b6-5+. The average molecular weight is 199 g/mol. The second-order valence-corrected chi connectivity index (χ2v) is 5.10. The zero-order valence-corrected chi connectivity index (χ0v) is 9.07. The number of hydrogen-bond donors (Lipinski definition) is 0. The maximum absolute atomic E-state index is 11.4. The fraction of sp³-hybridized carbons (Fsp3) is 0.556. The van der Waals surface area contributed by atoms with Gasteiger partial charge in [0.1, 0.15) is 0 Å². The van der Waals surface area contributed by atoms with Gasteiger partial charge in [-0.25, -0.2) is 0 Å². The number of rotatable bonds is 0. The van der Waals surface area contributed by atoms with Gasteiger partial charge >= 0.3 is 0 Å². The molecule has 0 saturated carbocycles. The van der Waals surface area contributed by atoms with E-state index in [1.807, 2.05) is 26.8 Å². The van der Waals surface area contributed by atoms with Gasteiger partial charge < -0.3 is 0 Å². The summed E-state index contributed by atoms with van der Waals surface area (Å²) in [6.45, 7) is 5.99. The molecule has 0 aliphatic carbocycles. The molecule has 1 heterocycles. The number of imide groups is 1. The monoisotopic (exact) mass is 199 g/mol. The minimum atomic E-state index is -0.194. The van der Waals surface area contributed by atoms with Crippen LogP contribution >= 0.6 is 11.8 Å². The van der Waals surface area contributed by atoms with Gasteiger partial charge in [-0.1, -0.05) is 26.8 Å². The van der Waals surface area contributed by atoms with Crippen molar-refractivity contribution in [2.75, 3.05) is 7.05 Å². The first kappa shape index (κ1) is 10.3. The van der Waals surface area contributed by atoms with Gasteiger partial charge in [-0.05, 0) is 17.2 Å². The van der Waals surface area contributed by atoms with Crippen molar-refractivity contribution >= 4 is 22.9 Å². The van der Waals surface area contributed by atoms with Crippen LogP contribution in [0.5, 0.6) is 0 Å². The molecule has 72 valence electrons. The van der Waals surface area contributed by atoms with Crippen molar-refractivity contribution in [1.82, 2.24) is 4.90 Å². The van der Waals surface area contributed by atoms with Gasteiger partial charge in [0.2, 0.25) is 0 Å². The first-order chi connectivity index (χ1) is 5.81.